The topological polar surface area (TPSA) is 47.3 Å². The summed E-state index contributed by atoms with van der Waals surface area (Å²) in [5.41, 5.74) is 2.95. The monoisotopic (exact) mass is 242 g/mol. The van der Waals surface area contributed by atoms with Crippen LogP contribution in [0.1, 0.15) is 71.1 Å². The van der Waals surface area contributed by atoms with Crippen molar-refractivity contribution in [2.24, 2.45) is 5.84 Å². The number of hydrogen-bond donors (Lipinski definition) is 2. The number of hydrazine groups is 1. The summed E-state index contributed by atoms with van der Waals surface area (Å²) in [5, 5.41) is 0. The molecule has 1 fully saturated rings. The summed E-state index contributed by atoms with van der Waals surface area (Å²) >= 11 is 0. The van der Waals surface area contributed by atoms with Gasteiger partial charge in [0, 0.05) is 12.6 Å². The maximum absolute atomic E-state index is 5.78. The lowest BCUT2D eigenvalue weighted by Gasteiger charge is -2.30. The average Bonchev–Trinajstić information content (AvgIpc) is 2.39. The number of unbranched alkanes of at least 4 members (excludes halogenated alkanes) is 5. The maximum atomic E-state index is 5.78. The third-order valence-electron chi connectivity index (χ3n) is 3.75. The molecule has 0 saturated carbocycles. The average molecular weight is 242 g/mol. The number of rotatable bonds is 9. The van der Waals surface area contributed by atoms with Gasteiger partial charge in [-0.15, -0.1) is 0 Å². The predicted molar refractivity (Wildman–Crippen MR) is 72.7 cm³/mol. The van der Waals surface area contributed by atoms with Crippen molar-refractivity contribution in [2.75, 3.05) is 6.61 Å². The standard InChI is InChI=1S/C14H30N2O/c1-2-3-4-5-6-7-10-13(16-15)14-11-8-9-12-17-14/h13-14,16H,2-12,15H2,1H3. The lowest BCUT2D eigenvalue weighted by atomic mass is 9.97. The molecule has 2 atom stereocenters. The minimum absolute atomic E-state index is 0.351. The normalized spacial score (nSPS) is 22.6. The molecule has 3 heteroatoms. The van der Waals surface area contributed by atoms with Crippen molar-refractivity contribution >= 4 is 0 Å². The van der Waals surface area contributed by atoms with Crippen LogP contribution >= 0.6 is 0 Å². The van der Waals surface area contributed by atoms with E-state index in [9.17, 15) is 0 Å². The molecule has 1 rings (SSSR count). The fraction of sp³-hybridized carbons (Fsp3) is 1.00. The Hall–Kier alpha value is -0.120. The minimum Gasteiger partial charge on any atom is -0.377 e. The molecule has 102 valence electrons. The van der Waals surface area contributed by atoms with Crippen LogP contribution in [0, 0.1) is 0 Å². The van der Waals surface area contributed by atoms with E-state index in [1.165, 1.54) is 57.8 Å². The summed E-state index contributed by atoms with van der Waals surface area (Å²) in [6.07, 6.45) is 13.3. The quantitative estimate of drug-likeness (QED) is 0.371. The van der Waals surface area contributed by atoms with E-state index >= 15 is 0 Å². The van der Waals surface area contributed by atoms with Crippen molar-refractivity contribution in [1.82, 2.24) is 5.43 Å². The Labute approximate surface area is 106 Å². The van der Waals surface area contributed by atoms with Gasteiger partial charge in [-0.1, -0.05) is 45.4 Å². The number of nitrogens with two attached hydrogens (primary N) is 1. The molecular formula is C14H30N2O. The first-order valence-corrected chi connectivity index (χ1v) is 7.46. The van der Waals surface area contributed by atoms with Crippen molar-refractivity contribution in [3.8, 4) is 0 Å². The summed E-state index contributed by atoms with van der Waals surface area (Å²) in [5.74, 6) is 5.64. The van der Waals surface area contributed by atoms with E-state index in [0.717, 1.165) is 13.0 Å². The molecular weight excluding hydrogens is 212 g/mol. The van der Waals surface area contributed by atoms with E-state index in [0.29, 0.717) is 12.1 Å². The zero-order valence-electron chi connectivity index (χ0n) is 11.4. The van der Waals surface area contributed by atoms with E-state index in [-0.39, 0.29) is 0 Å². The van der Waals surface area contributed by atoms with E-state index in [2.05, 4.69) is 12.3 Å². The molecule has 3 nitrogen and oxygen atoms in total. The molecule has 1 saturated heterocycles. The third kappa shape index (κ3) is 6.39. The van der Waals surface area contributed by atoms with Crippen molar-refractivity contribution in [1.29, 1.82) is 0 Å². The van der Waals surface area contributed by atoms with Gasteiger partial charge in [-0.25, -0.2) is 0 Å². The Balaban J connectivity index is 2.05. The first-order chi connectivity index (χ1) is 8.38. The molecule has 0 spiro atoms. The van der Waals surface area contributed by atoms with Gasteiger partial charge in [0.25, 0.3) is 0 Å². The highest BCUT2D eigenvalue weighted by Gasteiger charge is 2.22. The number of ether oxygens (including phenoxy) is 1. The van der Waals surface area contributed by atoms with E-state index in [1.807, 2.05) is 0 Å². The molecule has 0 aromatic carbocycles. The van der Waals surface area contributed by atoms with Crippen LogP contribution in [0.4, 0.5) is 0 Å². The van der Waals surface area contributed by atoms with Crippen molar-refractivity contribution in [3.05, 3.63) is 0 Å². The van der Waals surface area contributed by atoms with Gasteiger partial charge in [-0.05, 0) is 25.7 Å². The van der Waals surface area contributed by atoms with Gasteiger partial charge < -0.3 is 4.74 Å². The summed E-state index contributed by atoms with van der Waals surface area (Å²) in [6.45, 7) is 3.17. The zero-order chi connectivity index (χ0) is 12.3. The SMILES string of the molecule is CCCCCCCCC(NN)C1CCCCO1. The van der Waals surface area contributed by atoms with Crippen LogP contribution in [0.15, 0.2) is 0 Å². The van der Waals surface area contributed by atoms with Crippen LogP contribution in [0.2, 0.25) is 0 Å². The maximum Gasteiger partial charge on any atom is 0.0741 e. The molecule has 0 aromatic rings. The third-order valence-corrected chi connectivity index (χ3v) is 3.75. The highest BCUT2D eigenvalue weighted by molar-refractivity contribution is 4.77. The second kappa shape index (κ2) is 9.86. The molecule has 0 bridgehead atoms. The Bertz CT molecular complexity index is 170. The fourth-order valence-electron chi connectivity index (χ4n) is 2.60. The Morgan fingerprint density at radius 2 is 1.94 bits per heavy atom. The number of nitrogens with one attached hydrogen (secondary N) is 1. The summed E-state index contributed by atoms with van der Waals surface area (Å²) in [4.78, 5) is 0. The van der Waals surface area contributed by atoms with Gasteiger partial charge in [0.05, 0.1) is 6.10 Å². The van der Waals surface area contributed by atoms with Crippen molar-refractivity contribution in [2.45, 2.75) is 83.3 Å². The van der Waals surface area contributed by atoms with E-state index in [1.54, 1.807) is 0 Å². The van der Waals surface area contributed by atoms with Crippen molar-refractivity contribution in [3.63, 3.8) is 0 Å². The minimum atomic E-state index is 0.351. The van der Waals surface area contributed by atoms with Crippen LogP contribution in [-0.4, -0.2) is 18.8 Å². The van der Waals surface area contributed by atoms with Gasteiger partial charge >= 0.3 is 0 Å². The van der Waals surface area contributed by atoms with E-state index in [4.69, 9.17) is 10.6 Å². The predicted octanol–water partition coefficient (Wildman–Crippen LogP) is 3.14. The fourth-order valence-corrected chi connectivity index (χ4v) is 2.60. The van der Waals surface area contributed by atoms with Crippen LogP contribution in [-0.2, 0) is 4.74 Å². The van der Waals surface area contributed by atoms with Gasteiger partial charge in [-0.2, -0.15) is 0 Å². The molecule has 1 heterocycles. The second-order valence-electron chi connectivity index (χ2n) is 5.23. The smallest absolute Gasteiger partial charge is 0.0741 e. The van der Waals surface area contributed by atoms with E-state index < -0.39 is 0 Å². The van der Waals surface area contributed by atoms with Crippen LogP contribution in [0.3, 0.4) is 0 Å². The lowest BCUT2D eigenvalue weighted by Crippen LogP contribution is -2.46. The lowest BCUT2D eigenvalue weighted by molar-refractivity contribution is -0.00978. The molecule has 0 amide bonds. The van der Waals surface area contributed by atoms with Gasteiger partial charge in [-0.3, -0.25) is 11.3 Å². The van der Waals surface area contributed by atoms with Gasteiger partial charge in [0.15, 0.2) is 0 Å². The molecule has 3 N–H and O–H groups in total. The van der Waals surface area contributed by atoms with Gasteiger partial charge in [0.1, 0.15) is 0 Å². The van der Waals surface area contributed by atoms with Crippen molar-refractivity contribution < 1.29 is 4.74 Å². The molecule has 1 aliphatic rings. The molecule has 0 aliphatic carbocycles. The van der Waals surface area contributed by atoms with Crippen LogP contribution in [0.25, 0.3) is 0 Å². The zero-order valence-corrected chi connectivity index (χ0v) is 11.4. The summed E-state index contributed by atoms with van der Waals surface area (Å²) in [6, 6.07) is 0.362. The Morgan fingerprint density at radius 3 is 2.59 bits per heavy atom. The molecule has 17 heavy (non-hydrogen) atoms. The van der Waals surface area contributed by atoms with Crippen LogP contribution in [0.5, 0.6) is 0 Å². The largest absolute Gasteiger partial charge is 0.377 e. The van der Waals surface area contributed by atoms with Gasteiger partial charge in [0.2, 0.25) is 0 Å². The highest BCUT2D eigenvalue weighted by atomic mass is 16.5. The molecule has 0 radical (unpaired) electrons. The summed E-state index contributed by atoms with van der Waals surface area (Å²) < 4.78 is 5.78. The first-order valence-electron chi connectivity index (χ1n) is 7.46. The van der Waals surface area contributed by atoms with Crippen LogP contribution < -0.4 is 11.3 Å². The Kier molecular flexibility index (Phi) is 8.67. The number of hydrogen-bond acceptors (Lipinski definition) is 3. The molecule has 0 aromatic heterocycles. The second-order valence-corrected chi connectivity index (χ2v) is 5.23. The first kappa shape index (κ1) is 14.9. The molecule has 1 aliphatic heterocycles. The Morgan fingerprint density at radius 1 is 1.18 bits per heavy atom. The molecule has 2 unspecified atom stereocenters. The summed E-state index contributed by atoms with van der Waals surface area (Å²) in [7, 11) is 0. The highest BCUT2D eigenvalue weighted by Crippen LogP contribution is 2.19.